The summed E-state index contributed by atoms with van der Waals surface area (Å²) < 4.78 is 139. The van der Waals surface area contributed by atoms with E-state index in [2.05, 4.69) is 0 Å². The topological polar surface area (TPSA) is 3.24 Å². The fourth-order valence-corrected chi connectivity index (χ4v) is 8.12. The summed E-state index contributed by atoms with van der Waals surface area (Å²) >= 11 is 0. The van der Waals surface area contributed by atoms with Crippen LogP contribution in [0.5, 0.6) is 0 Å². The van der Waals surface area contributed by atoms with E-state index in [1.54, 1.807) is 30.3 Å². The molecule has 11 aromatic carbocycles. The van der Waals surface area contributed by atoms with Gasteiger partial charge in [0, 0.05) is 17.1 Å². The minimum atomic E-state index is -0.797. The molecule has 0 aliphatic rings. The van der Waals surface area contributed by atoms with Crippen LogP contribution in [0.15, 0.2) is 260 Å². The summed E-state index contributed by atoms with van der Waals surface area (Å²) in [5.74, 6) is 0. The van der Waals surface area contributed by atoms with E-state index < -0.39 is 124 Å². The molecule has 0 radical (unpaired) electrons. The average molecular weight is 817 g/mol. The highest BCUT2D eigenvalue weighted by Crippen LogP contribution is 2.42. The molecule has 0 heterocycles. The Balaban J connectivity index is 1.16. The van der Waals surface area contributed by atoms with Crippen molar-refractivity contribution in [3.8, 4) is 66.8 Å². The van der Waals surface area contributed by atoms with Crippen molar-refractivity contribution in [2.75, 3.05) is 4.90 Å². The predicted octanol–water partition coefficient (Wildman–Crippen LogP) is 17.5. The van der Waals surface area contributed by atoms with Crippen molar-refractivity contribution in [1.82, 2.24) is 0 Å². The van der Waals surface area contributed by atoms with Gasteiger partial charge in [-0.25, -0.2) is 0 Å². The maximum Gasteiger partial charge on any atom is 0.0645 e. The second kappa shape index (κ2) is 16.7. The van der Waals surface area contributed by atoms with E-state index in [0.29, 0.717) is 5.56 Å². The van der Waals surface area contributed by atoms with E-state index in [1.165, 1.54) is 4.90 Å². The predicted molar refractivity (Wildman–Crippen MR) is 269 cm³/mol. The lowest BCUT2D eigenvalue weighted by atomic mass is 9.90. The van der Waals surface area contributed by atoms with Crippen molar-refractivity contribution in [2.45, 2.75) is 0 Å². The monoisotopic (exact) mass is 816 g/mol. The highest BCUT2D eigenvalue weighted by atomic mass is 15.1. The van der Waals surface area contributed by atoms with Crippen LogP contribution in [-0.4, -0.2) is 0 Å². The molecular weight excluding hydrogens is 759 g/mol. The molecule has 0 aromatic heterocycles. The van der Waals surface area contributed by atoms with Crippen LogP contribution in [0.25, 0.3) is 88.3 Å². The normalized spacial score (nSPS) is 14.5. The Labute approximate surface area is 390 Å². The standard InChI is InChI=1S/C62H43N/c1-4-15-45(16-5-1)58-41-34-52(43-61(58)47-17-6-2-7-18-47)44-27-35-53(36-28-44)63(54-37-29-49(30-38-54)57-26-14-23-46-19-10-12-24-56(46)57)55-39-31-50(32-40-55)60-42-33-48-20-11-13-25-59(48)62(60)51-21-8-3-9-22-51/h1-43H/i10D,12D,14D,19D,23D,24D,26D,27D,28D,29D,30D,35D,36D,37D,38D. The smallest absolute Gasteiger partial charge is 0.0645 e. The van der Waals surface area contributed by atoms with Crippen molar-refractivity contribution in [1.29, 1.82) is 0 Å². The van der Waals surface area contributed by atoms with Crippen LogP contribution in [0, 0.1) is 0 Å². The Morgan fingerprint density at radius 1 is 0.270 bits per heavy atom. The molecule has 0 atom stereocenters. The molecule has 1 heteroatoms. The average Bonchev–Trinajstić information content (AvgIpc) is 3.60. The summed E-state index contributed by atoms with van der Waals surface area (Å²) in [7, 11) is 0. The number of rotatable bonds is 9. The molecule has 0 fully saturated rings. The number of hydrogen-bond acceptors (Lipinski definition) is 1. The van der Waals surface area contributed by atoms with Crippen molar-refractivity contribution in [3.63, 3.8) is 0 Å². The van der Waals surface area contributed by atoms with Crippen LogP contribution in [0.4, 0.5) is 17.1 Å². The van der Waals surface area contributed by atoms with Gasteiger partial charge in [0.15, 0.2) is 0 Å². The van der Waals surface area contributed by atoms with Crippen LogP contribution in [-0.2, 0) is 0 Å². The molecule has 11 rings (SSSR count). The first-order chi connectivity index (χ1) is 37.5. The first-order valence-electron chi connectivity index (χ1n) is 28.0. The van der Waals surface area contributed by atoms with Gasteiger partial charge in [0.05, 0.1) is 20.6 Å². The van der Waals surface area contributed by atoms with Gasteiger partial charge in [0.1, 0.15) is 0 Å². The van der Waals surface area contributed by atoms with Gasteiger partial charge in [-0.15, -0.1) is 0 Å². The maximum absolute atomic E-state index is 9.81. The zero-order valence-electron chi connectivity index (χ0n) is 48.6. The Kier molecular flexibility index (Phi) is 6.57. The van der Waals surface area contributed by atoms with Crippen LogP contribution in [0.1, 0.15) is 20.6 Å². The minimum Gasteiger partial charge on any atom is -0.311 e. The van der Waals surface area contributed by atoms with Crippen molar-refractivity contribution in [2.24, 2.45) is 0 Å². The summed E-state index contributed by atoms with van der Waals surface area (Å²) in [6, 6.07) is 43.4. The molecule has 1 nitrogen and oxygen atoms in total. The first kappa shape index (κ1) is 24.9. The second-order valence-electron chi connectivity index (χ2n) is 14.9. The molecule has 0 amide bonds. The number of hydrogen-bond donors (Lipinski definition) is 0. The third kappa shape index (κ3) is 7.37. The van der Waals surface area contributed by atoms with Crippen molar-refractivity contribution in [3.05, 3.63) is 260 Å². The molecule has 0 aliphatic carbocycles. The van der Waals surface area contributed by atoms with Gasteiger partial charge < -0.3 is 4.90 Å². The van der Waals surface area contributed by atoms with Crippen LogP contribution in [0.2, 0.25) is 0 Å². The summed E-state index contributed by atoms with van der Waals surface area (Å²) in [5.41, 5.74) is 5.45. The fraction of sp³-hybridized carbons (Fsp3) is 0. The quantitative estimate of drug-likeness (QED) is 0.140. The van der Waals surface area contributed by atoms with E-state index in [0.717, 1.165) is 55.3 Å². The number of benzene rings is 11. The SMILES string of the molecule is [2H]c1c([2H])c(N(c2ccc(-c3ccc4ccccc4c3-c3ccccc3)cc2)c2c([2H])c([2H])c(-c3c([2H])c([2H])c([2H])c4c([2H])c([2H])c([2H])c([2H])c34)c([2H])c2[2H])c([2H])c([2H])c1-c1ccc(-c2ccccc2)c(-c2ccccc2)c1. The third-order valence-electron chi connectivity index (χ3n) is 11.1. The van der Waals surface area contributed by atoms with Gasteiger partial charge in [0.2, 0.25) is 0 Å². The molecular formula is C62H43N. The lowest BCUT2D eigenvalue weighted by Crippen LogP contribution is -2.09. The zero-order chi connectivity index (χ0) is 55.0. The molecule has 0 saturated carbocycles. The lowest BCUT2D eigenvalue weighted by Gasteiger charge is -2.26. The van der Waals surface area contributed by atoms with E-state index >= 15 is 0 Å². The summed E-state index contributed by atoms with van der Waals surface area (Å²) in [4.78, 5) is 1.17. The molecule has 11 aromatic rings. The van der Waals surface area contributed by atoms with Gasteiger partial charge in [-0.2, -0.15) is 0 Å². The van der Waals surface area contributed by atoms with E-state index in [9.17, 15) is 11.0 Å². The molecule has 296 valence electrons. The highest BCUT2D eigenvalue weighted by molar-refractivity contribution is 6.04. The summed E-state index contributed by atoms with van der Waals surface area (Å²) in [5, 5.41) is 1.15. The summed E-state index contributed by atoms with van der Waals surface area (Å²) in [6.07, 6.45) is 0. The molecule has 0 unspecified atom stereocenters. The van der Waals surface area contributed by atoms with Crippen molar-refractivity contribution < 1.29 is 20.6 Å². The number of nitrogens with zero attached hydrogens (tertiary/aromatic N) is 1. The molecule has 0 spiro atoms. The largest absolute Gasteiger partial charge is 0.311 e. The highest BCUT2D eigenvalue weighted by Gasteiger charge is 2.17. The van der Waals surface area contributed by atoms with Gasteiger partial charge in [-0.05, 0) is 131 Å². The Bertz CT molecular complexity index is 4180. The van der Waals surface area contributed by atoms with Gasteiger partial charge in [0.25, 0.3) is 0 Å². The van der Waals surface area contributed by atoms with Gasteiger partial charge in [-0.3, -0.25) is 0 Å². The van der Waals surface area contributed by atoms with Crippen LogP contribution < -0.4 is 4.90 Å². The summed E-state index contributed by atoms with van der Waals surface area (Å²) in [6.45, 7) is 0. The maximum atomic E-state index is 9.81. The third-order valence-corrected chi connectivity index (χ3v) is 11.1. The van der Waals surface area contributed by atoms with Crippen LogP contribution >= 0.6 is 0 Å². The Hall–Kier alpha value is -8.26. The molecule has 0 N–H and O–H groups in total. The number of fused-ring (bicyclic) bond motifs is 2. The van der Waals surface area contributed by atoms with Gasteiger partial charge in [-0.1, -0.05) is 218 Å². The van der Waals surface area contributed by atoms with Gasteiger partial charge >= 0.3 is 0 Å². The molecule has 0 aliphatic heterocycles. The van der Waals surface area contributed by atoms with E-state index in [4.69, 9.17) is 9.60 Å². The van der Waals surface area contributed by atoms with Crippen LogP contribution in [0.3, 0.4) is 0 Å². The Morgan fingerprint density at radius 2 is 0.810 bits per heavy atom. The zero-order valence-corrected chi connectivity index (χ0v) is 33.6. The molecule has 0 bridgehead atoms. The minimum absolute atomic E-state index is 0.0241. The second-order valence-corrected chi connectivity index (χ2v) is 14.9. The first-order valence-corrected chi connectivity index (χ1v) is 20.5. The van der Waals surface area contributed by atoms with Crippen molar-refractivity contribution >= 4 is 38.6 Å². The molecule has 63 heavy (non-hydrogen) atoms. The molecule has 0 saturated heterocycles. The van der Waals surface area contributed by atoms with E-state index in [-0.39, 0.29) is 11.3 Å². The fourth-order valence-electron chi connectivity index (χ4n) is 8.12. The van der Waals surface area contributed by atoms with E-state index in [1.807, 2.05) is 140 Å². The number of anilines is 3. The lowest BCUT2D eigenvalue weighted by molar-refractivity contribution is 1.28. The Morgan fingerprint density at radius 3 is 1.51 bits per heavy atom.